The molecule has 6 heteroatoms. The highest BCUT2D eigenvalue weighted by molar-refractivity contribution is 6.33. The van der Waals surface area contributed by atoms with Crippen molar-refractivity contribution in [2.75, 3.05) is 13.2 Å². The lowest BCUT2D eigenvalue weighted by molar-refractivity contribution is 0.112. The molecule has 1 heterocycles. The van der Waals surface area contributed by atoms with Crippen LogP contribution in [0.15, 0.2) is 48.5 Å². The van der Waals surface area contributed by atoms with Gasteiger partial charge in [-0.3, -0.25) is 4.79 Å². The number of hydrogen-bond acceptors (Lipinski definition) is 5. The van der Waals surface area contributed by atoms with Crippen LogP contribution in [-0.4, -0.2) is 24.6 Å². The summed E-state index contributed by atoms with van der Waals surface area (Å²) in [4.78, 5) is 10.9. The van der Waals surface area contributed by atoms with Crippen LogP contribution < -0.4 is 14.2 Å². The van der Waals surface area contributed by atoms with Crippen molar-refractivity contribution in [3.63, 3.8) is 0 Å². The van der Waals surface area contributed by atoms with Gasteiger partial charge < -0.3 is 19.3 Å². The molecule has 0 aliphatic carbocycles. The van der Waals surface area contributed by atoms with E-state index in [9.17, 15) is 9.90 Å². The summed E-state index contributed by atoms with van der Waals surface area (Å²) >= 11 is 6.12. The molecule has 1 aliphatic rings. The van der Waals surface area contributed by atoms with Crippen LogP contribution in [0.2, 0.25) is 5.02 Å². The summed E-state index contributed by atoms with van der Waals surface area (Å²) in [5.41, 5.74) is 4.26. The second-order valence-corrected chi connectivity index (χ2v) is 7.05. The summed E-state index contributed by atoms with van der Waals surface area (Å²) in [6, 6.07) is 14.9. The van der Waals surface area contributed by atoms with Gasteiger partial charge in [-0.25, -0.2) is 0 Å². The maximum absolute atomic E-state index is 10.9. The van der Waals surface area contributed by atoms with E-state index in [4.69, 9.17) is 25.8 Å². The average molecular weight is 411 g/mol. The lowest BCUT2D eigenvalue weighted by Gasteiger charge is -2.20. The van der Waals surface area contributed by atoms with Gasteiger partial charge in [0.15, 0.2) is 17.8 Å². The highest BCUT2D eigenvalue weighted by Crippen LogP contribution is 2.38. The zero-order valence-electron chi connectivity index (χ0n) is 15.8. The van der Waals surface area contributed by atoms with Gasteiger partial charge in [-0.15, -0.1) is 0 Å². The van der Waals surface area contributed by atoms with Crippen molar-refractivity contribution in [2.45, 2.75) is 13.5 Å². The fourth-order valence-corrected chi connectivity index (χ4v) is 3.51. The third-order valence-corrected chi connectivity index (χ3v) is 5.29. The van der Waals surface area contributed by atoms with Crippen molar-refractivity contribution >= 4 is 17.9 Å². The molecule has 0 aromatic heterocycles. The Hall–Kier alpha value is -3.18. The van der Waals surface area contributed by atoms with Gasteiger partial charge in [0.25, 0.3) is 0 Å². The molecule has 5 nitrogen and oxygen atoms in total. The predicted octanol–water partition coefficient (Wildman–Crippen LogP) is 5.18. The molecule has 1 aliphatic heterocycles. The van der Waals surface area contributed by atoms with E-state index in [0.717, 1.165) is 33.8 Å². The molecule has 0 radical (unpaired) electrons. The van der Waals surface area contributed by atoms with Crippen molar-refractivity contribution in [2.24, 2.45) is 0 Å². The van der Waals surface area contributed by atoms with E-state index in [1.807, 2.05) is 43.3 Å². The zero-order valence-corrected chi connectivity index (χ0v) is 16.5. The largest absolute Gasteiger partial charge is 0.505 e. The van der Waals surface area contributed by atoms with Gasteiger partial charge in [-0.1, -0.05) is 35.9 Å². The van der Waals surface area contributed by atoms with E-state index < -0.39 is 0 Å². The first-order chi connectivity index (χ1) is 14.1. The molecular weight excluding hydrogens is 392 g/mol. The van der Waals surface area contributed by atoms with Crippen LogP contribution in [0.5, 0.6) is 23.0 Å². The minimum Gasteiger partial charge on any atom is -0.505 e. The Kier molecular flexibility index (Phi) is 5.32. The summed E-state index contributed by atoms with van der Waals surface area (Å²) in [6.07, 6.45) is 0.548. The van der Waals surface area contributed by atoms with Crippen molar-refractivity contribution in [1.29, 1.82) is 0 Å². The highest BCUT2D eigenvalue weighted by Gasteiger charge is 2.15. The number of carbonyl (C=O) groups is 1. The molecule has 3 aromatic carbocycles. The summed E-state index contributed by atoms with van der Waals surface area (Å²) in [6.45, 7) is 3.40. The van der Waals surface area contributed by atoms with E-state index in [1.54, 1.807) is 6.07 Å². The molecule has 0 amide bonds. The van der Waals surface area contributed by atoms with Crippen LogP contribution in [0.4, 0.5) is 0 Å². The number of aromatic hydroxyl groups is 1. The fraction of sp³-hybridized carbons (Fsp3) is 0.174. The minimum atomic E-state index is -0.277. The third-order valence-electron chi connectivity index (χ3n) is 4.92. The summed E-state index contributed by atoms with van der Waals surface area (Å²) < 4.78 is 17.1. The number of rotatable bonds is 5. The Balaban J connectivity index is 1.59. The number of halogens is 1. The van der Waals surface area contributed by atoms with Crippen LogP contribution >= 0.6 is 11.6 Å². The lowest BCUT2D eigenvalue weighted by Crippen LogP contribution is -2.15. The van der Waals surface area contributed by atoms with E-state index in [2.05, 4.69) is 0 Å². The van der Waals surface area contributed by atoms with E-state index in [-0.39, 0.29) is 22.9 Å². The molecule has 3 aromatic rings. The summed E-state index contributed by atoms with van der Waals surface area (Å²) in [5, 5.41) is 9.98. The van der Waals surface area contributed by atoms with E-state index in [1.165, 1.54) is 6.07 Å². The highest BCUT2D eigenvalue weighted by atomic mass is 35.5. The molecule has 148 valence electrons. The first-order valence-electron chi connectivity index (χ1n) is 9.16. The monoisotopic (exact) mass is 410 g/mol. The summed E-state index contributed by atoms with van der Waals surface area (Å²) in [7, 11) is 0. The van der Waals surface area contributed by atoms with Gasteiger partial charge in [0, 0.05) is 0 Å². The molecule has 0 unspecified atom stereocenters. The Morgan fingerprint density at radius 1 is 1.10 bits per heavy atom. The number of phenolic OH excluding ortho intramolecular Hbond substituents is 1. The maximum Gasteiger partial charge on any atom is 0.161 e. The van der Waals surface area contributed by atoms with E-state index in [0.29, 0.717) is 25.2 Å². The molecule has 0 saturated carbocycles. The van der Waals surface area contributed by atoms with Gasteiger partial charge in [-0.2, -0.15) is 0 Å². The molecule has 1 N–H and O–H groups in total. The van der Waals surface area contributed by atoms with Gasteiger partial charge in [-0.05, 0) is 53.4 Å². The number of ether oxygens (including phenoxy) is 3. The quantitative estimate of drug-likeness (QED) is 0.587. The van der Waals surface area contributed by atoms with E-state index >= 15 is 0 Å². The molecule has 4 rings (SSSR count). The van der Waals surface area contributed by atoms with Crippen LogP contribution in [-0.2, 0) is 6.61 Å². The number of fused-ring (bicyclic) bond motifs is 1. The SMILES string of the molecule is Cc1c(COc2ccc(C=O)c(O)c2Cl)cccc1-c1ccc2c(c1)OCCO2. The van der Waals surface area contributed by atoms with Crippen LogP contribution in [0.3, 0.4) is 0 Å². The van der Waals surface area contributed by atoms with Gasteiger partial charge in [0.2, 0.25) is 0 Å². The Morgan fingerprint density at radius 3 is 2.69 bits per heavy atom. The lowest BCUT2D eigenvalue weighted by atomic mass is 9.96. The van der Waals surface area contributed by atoms with Gasteiger partial charge in [0.05, 0.1) is 5.56 Å². The zero-order chi connectivity index (χ0) is 20.4. The van der Waals surface area contributed by atoms with Gasteiger partial charge >= 0.3 is 0 Å². The topological polar surface area (TPSA) is 65.0 Å². The Morgan fingerprint density at radius 2 is 1.90 bits per heavy atom. The molecule has 0 saturated heterocycles. The van der Waals surface area contributed by atoms with Crippen LogP contribution in [0, 0.1) is 6.92 Å². The third kappa shape index (κ3) is 3.74. The van der Waals surface area contributed by atoms with Crippen molar-refractivity contribution < 1.29 is 24.1 Å². The number of phenols is 1. The molecule has 29 heavy (non-hydrogen) atoms. The van der Waals surface area contributed by atoms with Crippen LogP contribution in [0.1, 0.15) is 21.5 Å². The minimum absolute atomic E-state index is 0.0234. The predicted molar refractivity (Wildman–Crippen MR) is 110 cm³/mol. The van der Waals surface area contributed by atoms with Crippen molar-refractivity contribution in [1.82, 2.24) is 0 Å². The fourth-order valence-electron chi connectivity index (χ4n) is 3.29. The number of aldehydes is 1. The van der Waals surface area contributed by atoms with Crippen molar-refractivity contribution in [3.8, 4) is 34.1 Å². The number of hydrogen-bond donors (Lipinski definition) is 1. The Bertz CT molecular complexity index is 1080. The molecule has 0 atom stereocenters. The first-order valence-corrected chi connectivity index (χ1v) is 9.54. The van der Waals surface area contributed by atoms with Crippen LogP contribution in [0.25, 0.3) is 11.1 Å². The smallest absolute Gasteiger partial charge is 0.161 e. The second-order valence-electron chi connectivity index (χ2n) is 6.67. The number of benzene rings is 3. The van der Waals surface area contributed by atoms with Crippen molar-refractivity contribution in [3.05, 3.63) is 70.2 Å². The maximum atomic E-state index is 10.9. The molecular formula is C23H19ClO5. The van der Waals surface area contributed by atoms with Gasteiger partial charge in [0.1, 0.15) is 36.3 Å². The second kappa shape index (κ2) is 8.05. The average Bonchev–Trinajstić information content (AvgIpc) is 2.75. The normalized spacial score (nSPS) is 12.5. The molecule has 0 fully saturated rings. The number of carbonyl (C=O) groups excluding carboxylic acids is 1. The summed E-state index contributed by atoms with van der Waals surface area (Å²) in [5.74, 6) is 1.54. The molecule has 0 spiro atoms. The molecule has 0 bridgehead atoms. The first kappa shape index (κ1) is 19.2. The Labute approximate surface area is 173 Å². The standard InChI is InChI=1S/C23H19ClO5/c1-14-17(13-29-20-8-6-16(12-25)23(26)22(20)24)3-2-4-18(14)15-5-7-19-21(11-15)28-10-9-27-19/h2-8,11-12,26H,9-10,13H2,1H3.